The molecule has 21 heavy (non-hydrogen) atoms. The lowest BCUT2D eigenvalue weighted by molar-refractivity contribution is -0.152. The maximum atomic E-state index is 13.3. The van der Waals surface area contributed by atoms with Gasteiger partial charge in [0, 0.05) is 13.3 Å². The maximum absolute atomic E-state index is 13.3. The zero-order valence-corrected chi connectivity index (χ0v) is 11.3. The van der Waals surface area contributed by atoms with E-state index in [9.17, 15) is 23.6 Å². The van der Waals surface area contributed by atoms with E-state index in [2.05, 4.69) is 0 Å². The zero-order chi connectivity index (χ0) is 15.7. The summed E-state index contributed by atoms with van der Waals surface area (Å²) in [6, 6.07) is 0. The number of nitrogens with one attached hydrogen (secondary N) is 1. The highest BCUT2D eigenvalue weighted by molar-refractivity contribution is 5.82. The Balaban J connectivity index is 2.32. The van der Waals surface area contributed by atoms with E-state index in [0.29, 0.717) is 6.20 Å². The number of hydrogen-bond donors (Lipinski definition) is 1. The summed E-state index contributed by atoms with van der Waals surface area (Å²) in [5, 5.41) is 0. The van der Waals surface area contributed by atoms with Gasteiger partial charge in [-0.25, -0.2) is 4.79 Å². The molecule has 0 radical (unpaired) electrons. The molecule has 3 unspecified atom stereocenters. The first-order valence-electron chi connectivity index (χ1n) is 6.13. The molecule has 9 heteroatoms. The standard InChI is InChI=1S/C12H13FN2O6/c1-5(16)10-8(20-6(2)17)3-9(21-10)15-4-7(13)11(18)14-12(15)19/h4,8-10H,3H2,1-2H3,(H,14,18,19). The fourth-order valence-electron chi connectivity index (χ4n) is 2.17. The summed E-state index contributed by atoms with van der Waals surface area (Å²) in [6.45, 7) is 2.43. The van der Waals surface area contributed by atoms with Gasteiger partial charge in [0.15, 0.2) is 11.9 Å². The Bertz CT molecular complexity index is 694. The van der Waals surface area contributed by atoms with Gasteiger partial charge < -0.3 is 9.47 Å². The van der Waals surface area contributed by atoms with E-state index in [1.807, 2.05) is 0 Å². The minimum Gasteiger partial charge on any atom is -0.459 e. The second kappa shape index (κ2) is 5.60. The van der Waals surface area contributed by atoms with Crippen LogP contribution in [-0.2, 0) is 19.1 Å². The molecule has 0 bridgehead atoms. The van der Waals surface area contributed by atoms with Gasteiger partial charge in [0.2, 0.25) is 5.82 Å². The van der Waals surface area contributed by atoms with Crippen LogP contribution in [0.1, 0.15) is 26.5 Å². The first-order valence-corrected chi connectivity index (χ1v) is 6.13. The predicted molar refractivity (Wildman–Crippen MR) is 66.0 cm³/mol. The summed E-state index contributed by atoms with van der Waals surface area (Å²) in [5.74, 6) is -2.15. The van der Waals surface area contributed by atoms with E-state index in [0.717, 1.165) is 4.57 Å². The first kappa shape index (κ1) is 15.1. The van der Waals surface area contributed by atoms with Crippen molar-refractivity contribution in [2.45, 2.75) is 38.7 Å². The van der Waals surface area contributed by atoms with Crippen LogP contribution >= 0.6 is 0 Å². The van der Waals surface area contributed by atoms with Crippen molar-refractivity contribution in [3.8, 4) is 0 Å². The maximum Gasteiger partial charge on any atom is 0.330 e. The largest absolute Gasteiger partial charge is 0.459 e. The van der Waals surface area contributed by atoms with Gasteiger partial charge in [-0.15, -0.1) is 0 Å². The number of aromatic nitrogens is 2. The van der Waals surface area contributed by atoms with Crippen molar-refractivity contribution in [2.24, 2.45) is 0 Å². The molecule has 0 spiro atoms. The smallest absolute Gasteiger partial charge is 0.330 e. The zero-order valence-electron chi connectivity index (χ0n) is 11.3. The van der Waals surface area contributed by atoms with Crippen LogP contribution in [0.3, 0.4) is 0 Å². The Morgan fingerprint density at radius 1 is 1.43 bits per heavy atom. The Morgan fingerprint density at radius 2 is 2.10 bits per heavy atom. The highest BCUT2D eigenvalue weighted by atomic mass is 19.1. The average molecular weight is 300 g/mol. The van der Waals surface area contributed by atoms with Crippen LogP contribution in [0.5, 0.6) is 0 Å². The third-order valence-electron chi connectivity index (χ3n) is 3.03. The molecule has 2 heterocycles. The molecule has 3 atom stereocenters. The number of rotatable bonds is 3. The van der Waals surface area contributed by atoms with Gasteiger partial charge in [-0.3, -0.25) is 23.9 Å². The second-order valence-corrected chi connectivity index (χ2v) is 4.65. The molecule has 1 aliphatic rings. The molecule has 0 aliphatic carbocycles. The van der Waals surface area contributed by atoms with Crippen molar-refractivity contribution >= 4 is 11.8 Å². The molecule has 0 aromatic carbocycles. The lowest BCUT2D eigenvalue weighted by Crippen LogP contribution is -2.34. The van der Waals surface area contributed by atoms with Crippen LogP contribution in [0.4, 0.5) is 4.39 Å². The molecule has 1 aromatic heterocycles. The quantitative estimate of drug-likeness (QED) is 0.753. The number of Topliss-reactive ketones (excluding diaryl/α,β-unsaturated/α-hetero) is 1. The number of nitrogens with zero attached hydrogens (tertiary/aromatic N) is 1. The molecule has 1 N–H and O–H groups in total. The number of hydrogen-bond acceptors (Lipinski definition) is 6. The Labute approximate surface area is 117 Å². The molecule has 2 rings (SSSR count). The molecule has 0 saturated carbocycles. The third-order valence-corrected chi connectivity index (χ3v) is 3.03. The van der Waals surface area contributed by atoms with Gasteiger partial charge in [-0.2, -0.15) is 4.39 Å². The van der Waals surface area contributed by atoms with Crippen molar-refractivity contribution < 1.29 is 23.5 Å². The predicted octanol–water partition coefficient (Wildman–Crippen LogP) is -0.516. The molecule has 1 saturated heterocycles. The van der Waals surface area contributed by atoms with E-state index < -0.39 is 41.5 Å². The summed E-state index contributed by atoms with van der Waals surface area (Å²) >= 11 is 0. The normalized spacial score (nSPS) is 24.8. The number of esters is 1. The lowest BCUT2D eigenvalue weighted by Gasteiger charge is -2.15. The number of carbonyl (C=O) groups is 2. The van der Waals surface area contributed by atoms with Crippen molar-refractivity contribution in [1.29, 1.82) is 0 Å². The molecule has 1 aromatic rings. The highest BCUT2D eigenvalue weighted by Gasteiger charge is 2.41. The van der Waals surface area contributed by atoms with Crippen LogP contribution in [0.25, 0.3) is 0 Å². The highest BCUT2D eigenvalue weighted by Crippen LogP contribution is 2.30. The fraction of sp³-hybridized carbons (Fsp3) is 0.500. The summed E-state index contributed by atoms with van der Waals surface area (Å²) in [5.41, 5.74) is -2.02. The Hall–Kier alpha value is -2.29. The fourth-order valence-corrected chi connectivity index (χ4v) is 2.17. The topological polar surface area (TPSA) is 107 Å². The van der Waals surface area contributed by atoms with Gasteiger partial charge in [0.05, 0.1) is 6.20 Å². The van der Waals surface area contributed by atoms with Crippen LogP contribution in [-0.4, -0.2) is 33.5 Å². The molecule has 1 fully saturated rings. The van der Waals surface area contributed by atoms with Crippen LogP contribution in [0.2, 0.25) is 0 Å². The van der Waals surface area contributed by atoms with Gasteiger partial charge in [0.25, 0.3) is 5.56 Å². The Kier molecular flexibility index (Phi) is 4.03. The average Bonchev–Trinajstić information content (AvgIpc) is 2.76. The number of aromatic amines is 1. The van der Waals surface area contributed by atoms with Crippen molar-refractivity contribution in [1.82, 2.24) is 9.55 Å². The van der Waals surface area contributed by atoms with E-state index in [4.69, 9.17) is 9.47 Å². The molecular formula is C12H13FN2O6. The minimum absolute atomic E-state index is 0.00474. The number of H-pyrrole nitrogens is 1. The van der Waals surface area contributed by atoms with E-state index >= 15 is 0 Å². The summed E-state index contributed by atoms with van der Waals surface area (Å²) in [4.78, 5) is 46.9. The van der Waals surface area contributed by atoms with Gasteiger partial charge in [-0.1, -0.05) is 0 Å². The monoisotopic (exact) mass is 300 g/mol. The van der Waals surface area contributed by atoms with E-state index in [1.165, 1.54) is 13.8 Å². The summed E-state index contributed by atoms with van der Waals surface area (Å²) in [6.07, 6.45) is -2.23. The molecule has 114 valence electrons. The summed E-state index contributed by atoms with van der Waals surface area (Å²) in [7, 11) is 0. The van der Waals surface area contributed by atoms with Gasteiger partial charge in [-0.05, 0) is 6.92 Å². The van der Waals surface area contributed by atoms with E-state index in [-0.39, 0.29) is 12.2 Å². The molecular weight excluding hydrogens is 287 g/mol. The molecule has 0 amide bonds. The van der Waals surface area contributed by atoms with Crippen molar-refractivity contribution in [3.05, 3.63) is 32.9 Å². The van der Waals surface area contributed by atoms with E-state index in [1.54, 1.807) is 4.98 Å². The van der Waals surface area contributed by atoms with Gasteiger partial charge >= 0.3 is 11.7 Å². The Morgan fingerprint density at radius 3 is 2.67 bits per heavy atom. The summed E-state index contributed by atoms with van der Waals surface area (Å²) < 4.78 is 24.4. The SMILES string of the molecule is CC(=O)OC1CC(n2cc(F)c(=O)[nH]c2=O)OC1C(C)=O. The van der Waals surface area contributed by atoms with Crippen LogP contribution in [0.15, 0.2) is 15.8 Å². The first-order chi connectivity index (χ1) is 9.79. The van der Waals surface area contributed by atoms with Crippen molar-refractivity contribution in [2.75, 3.05) is 0 Å². The third kappa shape index (κ3) is 3.07. The number of carbonyl (C=O) groups excluding carboxylic acids is 2. The number of ketones is 1. The minimum atomic E-state index is -1.16. The van der Waals surface area contributed by atoms with Crippen molar-refractivity contribution in [3.63, 3.8) is 0 Å². The van der Waals surface area contributed by atoms with Crippen LogP contribution < -0.4 is 11.2 Å². The molecule has 8 nitrogen and oxygen atoms in total. The number of halogens is 1. The van der Waals surface area contributed by atoms with Gasteiger partial charge in [0.1, 0.15) is 12.3 Å². The lowest BCUT2D eigenvalue weighted by atomic mass is 10.1. The second-order valence-electron chi connectivity index (χ2n) is 4.65. The molecule has 1 aliphatic heterocycles. The van der Waals surface area contributed by atoms with Crippen LogP contribution in [0, 0.1) is 5.82 Å². The number of ether oxygens (including phenoxy) is 2.